The average molecular weight is 397 g/mol. The van der Waals surface area contributed by atoms with Crippen molar-refractivity contribution in [2.24, 2.45) is 0 Å². The summed E-state index contributed by atoms with van der Waals surface area (Å²) in [5, 5.41) is 17.2. The van der Waals surface area contributed by atoms with E-state index in [2.05, 4.69) is 67.6 Å². The molecule has 1 saturated heterocycles. The smallest absolute Gasteiger partial charge is 0.223 e. The summed E-state index contributed by atoms with van der Waals surface area (Å²) in [4.78, 5) is 9.22. The molecule has 5 heteroatoms. The molecule has 2 aromatic rings. The van der Waals surface area contributed by atoms with Gasteiger partial charge in [-0.2, -0.15) is 0 Å². The maximum absolute atomic E-state index is 9.91. The van der Waals surface area contributed by atoms with E-state index in [0.717, 1.165) is 36.9 Å². The van der Waals surface area contributed by atoms with Crippen LogP contribution in [0.1, 0.15) is 66.4 Å². The Morgan fingerprint density at radius 3 is 2.28 bits per heavy atom. The number of anilines is 1. The number of piperidine rings is 1. The predicted octanol–water partition coefficient (Wildman–Crippen LogP) is 4.57. The molecule has 0 bridgehead atoms. The number of benzene rings is 1. The molecule has 0 saturated carbocycles. The Hall–Kier alpha value is -1.98. The van der Waals surface area contributed by atoms with Crippen LogP contribution in [0.2, 0.25) is 0 Å². The molecule has 1 fully saturated rings. The zero-order valence-electron chi connectivity index (χ0n) is 18.7. The Balaban J connectivity index is 1.69. The van der Waals surface area contributed by atoms with Crippen LogP contribution in [0.15, 0.2) is 36.5 Å². The van der Waals surface area contributed by atoms with Crippen LogP contribution in [0.5, 0.6) is 0 Å². The number of aliphatic hydroxyl groups is 1. The number of hydrogen-bond acceptors (Lipinski definition) is 5. The van der Waals surface area contributed by atoms with Crippen molar-refractivity contribution in [1.82, 2.24) is 15.3 Å². The summed E-state index contributed by atoms with van der Waals surface area (Å²) in [5.74, 6) is 0.687. The highest BCUT2D eigenvalue weighted by Gasteiger charge is 2.37. The summed E-state index contributed by atoms with van der Waals surface area (Å²) in [6.07, 6.45) is 5.49. The van der Waals surface area contributed by atoms with Gasteiger partial charge in [0, 0.05) is 28.9 Å². The number of hydrogen-bond donors (Lipinski definition) is 3. The van der Waals surface area contributed by atoms with E-state index in [1.54, 1.807) is 0 Å². The number of rotatable bonds is 6. The van der Waals surface area contributed by atoms with Gasteiger partial charge < -0.3 is 15.7 Å². The minimum atomic E-state index is -0.635. The van der Waals surface area contributed by atoms with E-state index in [9.17, 15) is 5.11 Å². The molecule has 0 radical (unpaired) electrons. The van der Waals surface area contributed by atoms with Gasteiger partial charge in [0.05, 0.1) is 11.3 Å². The summed E-state index contributed by atoms with van der Waals surface area (Å²) in [6.45, 7) is 12.7. The van der Waals surface area contributed by atoms with Crippen molar-refractivity contribution < 1.29 is 5.11 Å². The number of nitrogens with one attached hydrogen (secondary N) is 2. The van der Waals surface area contributed by atoms with Gasteiger partial charge in [0.2, 0.25) is 5.95 Å². The molecular weight excluding hydrogens is 360 g/mol. The topological polar surface area (TPSA) is 70.1 Å². The molecule has 1 aromatic heterocycles. The van der Waals surface area contributed by atoms with Gasteiger partial charge >= 0.3 is 0 Å². The van der Waals surface area contributed by atoms with Crippen LogP contribution >= 0.6 is 0 Å². The van der Waals surface area contributed by atoms with Crippen LogP contribution in [0.25, 0.3) is 11.3 Å². The van der Waals surface area contributed by atoms with Gasteiger partial charge in [0.1, 0.15) is 0 Å². The van der Waals surface area contributed by atoms with Gasteiger partial charge in [0.25, 0.3) is 0 Å². The lowest BCUT2D eigenvalue weighted by Crippen LogP contribution is -2.60. The van der Waals surface area contributed by atoms with Crippen LogP contribution in [0.4, 0.5) is 5.95 Å². The summed E-state index contributed by atoms with van der Waals surface area (Å²) < 4.78 is 0. The molecule has 0 spiro atoms. The van der Waals surface area contributed by atoms with Gasteiger partial charge in [-0.25, -0.2) is 9.97 Å². The first-order chi connectivity index (χ1) is 13.4. The van der Waals surface area contributed by atoms with Crippen molar-refractivity contribution in [2.75, 3.05) is 5.32 Å². The van der Waals surface area contributed by atoms with E-state index in [1.807, 2.05) is 26.1 Å². The SMILES string of the molecule is CC(C)(O)CCc1ccc(-c2ccnc(NC3CC(C)(C)NC(C)(C)C3)n2)cc1. The molecule has 29 heavy (non-hydrogen) atoms. The molecule has 5 nitrogen and oxygen atoms in total. The van der Waals surface area contributed by atoms with Crippen LogP contribution in [0.3, 0.4) is 0 Å². The van der Waals surface area contributed by atoms with Gasteiger partial charge in [-0.1, -0.05) is 24.3 Å². The van der Waals surface area contributed by atoms with E-state index in [-0.39, 0.29) is 11.1 Å². The van der Waals surface area contributed by atoms with E-state index < -0.39 is 5.60 Å². The standard InChI is InChI=1S/C24H36N4O/c1-22(2)15-19(16-23(3,4)28-22)26-21-25-14-12-20(27-21)18-9-7-17(8-10-18)11-13-24(5,6)29/h7-10,12,14,19,28-29H,11,13,15-16H2,1-6H3,(H,25,26,27). The monoisotopic (exact) mass is 396 g/mol. The molecule has 0 unspecified atom stereocenters. The van der Waals surface area contributed by atoms with Crippen LogP contribution in [-0.4, -0.2) is 37.8 Å². The lowest BCUT2D eigenvalue weighted by Gasteiger charge is -2.46. The van der Waals surface area contributed by atoms with E-state index >= 15 is 0 Å². The first kappa shape index (κ1) is 21.7. The van der Waals surface area contributed by atoms with Crippen molar-refractivity contribution in [3.05, 3.63) is 42.1 Å². The molecule has 1 aliphatic heterocycles. The third kappa shape index (κ3) is 6.51. The minimum Gasteiger partial charge on any atom is -0.390 e. The summed E-state index contributed by atoms with van der Waals surface area (Å²) >= 11 is 0. The van der Waals surface area contributed by atoms with Crippen LogP contribution in [-0.2, 0) is 6.42 Å². The highest BCUT2D eigenvalue weighted by molar-refractivity contribution is 5.60. The van der Waals surface area contributed by atoms with Gasteiger partial charge in [-0.05, 0) is 78.9 Å². The number of nitrogens with zero attached hydrogens (tertiary/aromatic N) is 2. The lowest BCUT2D eigenvalue weighted by atomic mass is 9.80. The molecule has 0 aliphatic carbocycles. The van der Waals surface area contributed by atoms with Crippen molar-refractivity contribution in [3.8, 4) is 11.3 Å². The maximum Gasteiger partial charge on any atom is 0.223 e. The van der Waals surface area contributed by atoms with Crippen molar-refractivity contribution >= 4 is 5.95 Å². The van der Waals surface area contributed by atoms with Crippen molar-refractivity contribution in [2.45, 2.75) is 89.9 Å². The third-order valence-electron chi connectivity index (χ3n) is 5.45. The molecule has 3 N–H and O–H groups in total. The Bertz CT molecular complexity index is 806. The van der Waals surface area contributed by atoms with Gasteiger partial charge in [-0.15, -0.1) is 0 Å². The fourth-order valence-electron chi connectivity index (χ4n) is 4.49. The van der Waals surface area contributed by atoms with Crippen molar-refractivity contribution in [1.29, 1.82) is 0 Å². The Labute approximate surface area is 175 Å². The molecular formula is C24H36N4O. The second kappa shape index (κ2) is 8.04. The summed E-state index contributed by atoms with van der Waals surface area (Å²) in [7, 11) is 0. The second-order valence-corrected chi connectivity index (χ2v) is 10.4. The fourth-order valence-corrected chi connectivity index (χ4v) is 4.49. The second-order valence-electron chi connectivity index (χ2n) is 10.4. The molecule has 0 amide bonds. The van der Waals surface area contributed by atoms with Crippen LogP contribution < -0.4 is 10.6 Å². The molecule has 0 atom stereocenters. The third-order valence-corrected chi connectivity index (χ3v) is 5.45. The number of aromatic nitrogens is 2. The molecule has 1 aliphatic rings. The Kier molecular flexibility index (Phi) is 6.02. The molecule has 158 valence electrons. The average Bonchev–Trinajstić information content (AvgIpc) is 2.57. The molecule has 1 aromatic carbocycles. The minimum absolute atomic E-state index is 0.0794. The van der Waals surface area contributed by atoms with E-state index in [4.69, 9.17) is 4.98 Å². The maximum atomic E-state index is 9.91. The van der Waals surface area contributed by atoms with Crippen molar-refractivity contribution in [3.63, 3.8) is 0 Å². The number of aryl methyl sites for hydroxylation is 1. The van der Waals surface area contributed by atoms with E-state index in [1.165, 1.54) is 5.56 Å². The molecule has 3 rings (SSSR count). The zero-order valence-corrected chi connectivity index (χ0v) is 18.7. The fraction of sp³-hybridized carbons (Fsp3) is 0.583. The normalized spacial score (nSPS) is 19.1. The first-order valence-electron chi connectivity index (χ1n) is 10.6. The zero-order chi connectivity index (χ0) is 21.3. The first-order valence-corrected chi connectivity index (χ1v) is 10.6. The predicted molar refractivity (Wildman–Crippen MR) is 120 cm³/mol. The highest BCUT2D eigenvalue weighted by atomic mass is 16.3. The van der Waals surface area contributed by atoms with Crippen LogP contribution in [0, 0.1) is 0 Å². The Morgan fingerprint density at radius 1 is 1.07 bits per heavy atom. The van der Waals surface area contributed by atoms with E-state index in [0.29, 0.717) is 12.0 Å². The lowest BCUT2D eigenvalue weighted by molar-refractivity contribution is 0.0714. The summed E-state index contributed by atoms with van der Waals surface area (Å²) in [5.41, 5.74) is 2.75. The molecule has 2 heterocycles. The largest absolute Gasteiger partial charge is 0.390 e. The Morgan fingerprint density at radius 2 is 1.69 bits per heavy atom. The van der Waals surface area contributed by atoms with Gasteiger partial charge in [-0.3, -0.25) is 0 Å². The highest BCUT2D eigenvalue weighted by Crippen LogP contribution is 2.30. The summed E-state index contributed by atoms with van der Waals surface area (Å²) in [6, 6.07) is 10.7. The quantitative estimate of drug-likeness (QED) is 0.667. The van der Waals surface area contributed by atoms with Gasteiger partial charge in [0.15, 0.2) is 0 Å².